The predicted octanol–water partition coefficient (Wildman–Crippen LogP) is 1.10. The maximum absolute atomic E-state index is 5.47. The third-order valence-corrected chi connectivity index (χ3v) is 3.54. The standard InChI is InChI=1S/C13H24N4O/c1-10(2)7-17-13(15-9-16-17)6-12(14-3)11-4-5-18-8-11/h9-12,14H,4-8H2,1-3H3. The molecule has 2 rings (SSSR count). The highest BCUT2D eigenvalue weighted by molar-refractivity contribution is 4.93. The summed E-state index contributed by atoms with van der Waals surface area (Å²) in [5.41, 5.74) is 0. The second-order valence-electron chi connectivity index (χ2n) is 5.48. The Balaban J connectivity index is 2.00. The number of hydrogen-bond donors (Lipinski definition) is 1. The highest BCUT2D eigenvalue weighted by Crippen LogP contribution is 2.19. The molecule has 1 N–H and O–H groups in total. The van der Waals surface area contributed by atoms with E-state index in [1.807, 2.05) is 11.7 Å². The SMILES string of the molecule is CNC(Cc1ncnn1CC(C)C)C1CCOC1. The van der Waals surface area contributed by atoms with Crippen LogP contribution >= 0.6 is 0 Å². The molecular formula is C13H24N4O. The van der Waals surface area contributed by atoms with E-state index in [1.54, 1.807) is 6.33 Å². The molecule has 18 heavy (non-hydrogen) atoms. The van der Waals surface area contributed by atoms with E-state index in [0.717, 1.165) is 38.4 Å². The van der Waals surface area contributed by atoms with Crippen molar-refractivity contribution >= 4 is 0 Å². The zero-order valence-electron chi connectivity index (χ0n) is 11.6. The smallest absolute Gasteiger partial charge is 0.138 e. The van der Waals surface area contributed by atoms with E-state index in [0.29, 0.717) is 17.9 Å². The van der Waals surface area contributed by atoms with Crippen LogP contribution in [0.5, 0.6) is 0 Å². The number of likely N-dealkylation sites (N-methyl/N-ethyl adjacent to an activating group) is 1. The van der Waals surface area contributed by atoms with Crippen LogP contribution in [0.2, 0.25) is 0 Å². The lowest BCUT2D eigenvalue weighted by molar-refractivity contribution is 0.177. The second kappa shape index (κ2) is 6.29. The summed E-state index contributed by atoms with van der Waals surface area (Å²) < 4.78 is 7.50. The summed E-state index contributed by atoms with van der Waals surface area (Å²) in [4.78, 5) is 4.40. The van der Waals surface area contributed by atoms with Crippen molar-refractivity contribution in [3.8, 4) is 0 Å². The van der Waals surface area contributed by atoms with Crippen molar-refractivity contribution in [2.24, 2.45) is 11.8 Å². The molecule has 0 aromatic carbocycles. The van der Waals surface area contributed by atoms with Crippen molar-refractivity contribution in [2.45, 2.75) is 39.3 Å². The lowest BCUT2D eigenvalue weighted by Gasteiger charge is -2.21. The summed E-state index contributed by atoms with van der Waals surface area (Å²) in [7, 11) is 2.02. The number of ether oxygens (including phenoxy) is 1. The van der Waals surface area contributed by atoms with Crippen LogP contribution < -0.4 is 5.32 Å². The number of rotatable bonds is 6. The van der Waals surface area contributed by atoms with Gasteiger partial charge in [0.2, 0.25) is 0 Å². The molecule has 5 heteroatoms. The molecule has 0 spiro atoms. The van der Waals surface area contributed by atoms with E-state index >= 15 is 0 Å². The van der Waals surface area contributed by atoms with Crippen molar-refractivity contribution in [1.82, 2.24) is 20.1 Å². The average molecular weight is 252 g/mol. The molecule has 1 aromatic rings. The maximum atomic E-state index is 5.47. The Morgan fingerprint density at radius 1 is 1.56 bits per heavy atom. The van der Waals surface area contributed by atoms with E-state index in [9.17, 15) is 0 Å². The Kier molecular flexibility index (Phi) is 4.72. The molecule has 2 heterocycles. The van der Waals surface area contributed by atoms with E-state index in [2.05, 4.69) is 29.2 Å². The normalized spacial score (nSPS) is 21.7. The minimum absolute atomic E-state index is 0.433. The Labute approximate surface area is 109 Å². The van der Waals surface area contributed by atoms with Crippen molar-refractivity contribution in [2.75, 3.05) is 20.3 Å². The third-order valence-electron chi connectivity index (χ3n) is 3.54. The lowest BCUT2D eigenvalue weighted by atomic mass is 9.96. The quantitative estimate of drug-likeness (QED) is 0.824. The Morgan fingerprint density at radius 2 is 2.39 bits per heavy atom. The van der Waals surface area contributed by atoms with Gasteiger partial charge in [-0.1, -0.05) is 13.8 Å². The van der Waals surface area contributed by atoms with E-state index in [1.165, 1.54) is 0 Å². The van der Waals surface area contributed by atoms with Crippen LogP contribution in [0.25, 0.3) is 0 Å². The topological polar surface area (TPSA) is 52.0 Å². The highest BCUT2D eigenvalue weighted by Gasteiger charge is 2.26. The molecule has 0 radical (unpaired) electrons. The molecule has 5 nitrogen and oxygen atoms in total. The van der Waals surface area contributed by atoms with Gasteiger partial charge in [-0.05, 0) is 19.4 Å². The molecule has 1 fully saturated rings. The van der Waals surface area contributed by atoms with Gasteiger partial charge in [0.1, 0.15) is 12.2 Å². The van der Waals surface area contributed by atoms with E-state index in [4.69, 9.17) is 4.74 Å². The van der Waals surface area contributed by atoms with E-state index in [-0.39, 0.29) is 0 Å². The number of nitrogens with zero attached hydrogens (tertiary/aromatic N) is 3. The molecule has 2 unspecified atom stereocenters. The molecule has 1 aromatic heterocycles. The van der Waals surface area contributed by atoms with E-state index < -0.39 is 0 Å². The van der Waals surface area contributed by atoms with Gasteiger partial charge in [0.25, 0.3) is 0 Å². The van der Waals surface area contributed by atoms with Crippen molar-refractivity contribution in [3.63, 3.8) is 0 Å². The molecule has 1 saturated heterocycles. The number of aromatic nitrogens is 3. The summed E-state index contributed by atoms with van der Waals surface area (Å²) in [5, 5.41) is 7.72. The molecule has 1 aliphatic rings. The first-order valence-electron chi connectivity index (χ1n) is 6.82. The summed E-state index contributed by atoms with van der Waals surface area (Å²) in [5.74, 6) is 2.27. The largest absolute Gasteiger partial charge is 0.381 e. The molecular weight excluding hydrogens is 228 g/mol. The number of hydrogen-bond acceptors (Lipinski definition) is 4. The van der Waals surface area contributed by atoms with Gasteiger partial charge in [0.05, 0.1) is 6.61 Å². The van der Waals surface area contributed by atoms with Crippen molar-refractivity contribution in [3.05, 3.63) is 12.2 Å². The third kappa shape index (κ3) is 3.29. The summed E-state index contributed by atoms with van der Waals surface area (Å²) in [6.07, 6.45) is 3.73. The zero-order valence-corrected chi connectivity index (χ0v) is 11.6. The van der Waals surface area contributed by atoms with Crippen LogP contribution in [-0.2, 0) is 17.7 Å². The molecule has 0 saturated carbocycles. The molecule has 102 valence electrons. The van der Waals surface area contributed by atoms with Crippen LogP contribution in [0, 0.1) is 11.8 Å². The Hall–Kier alpha value is -0.940. The van der Waals surface area contributed by atoms with Gasteiger partial charge in [-0.2, -0.15) is 5.10 Å². The minimum atomic E-state index is 0.433. The van der Waals surface area contributed by atoms with Gasteiger partial charge >= 0.3 is 0 Å². The maximum Gasteiger partial charge on any atom is 0.138 e. The predicted molar refractivity (Wildman–Crippen MR) is 70.3 cm³/mol. The van der Waals surface area contributed by atoms with Gasteiger partial charge in [0, 0.05) is 31.5 Å². The number of nitrogens with one attached hydrogen (secondary N) is 1. The zero-order chi connectivity index (χ0) is 13.0. The summed E-state index contributed by atoms with van der Waals surface area (Å²) >= 11 is 0. The monoisotopic (exact) mass is 252 g/mol. The first-order chi connectivity index (χ1) is 8.70. The van der Waals surface area contributed by atoms with Crippen LogP contribution in [-0.4, -0.2) is 41.1 Å². The molecule has 2 atom stereocenters. The Bertz CT molecular complexity index is 358. The fourth-order valence-corrected chi connectivity index (χ4v) is 2.52. The van der Waals surface area contributed by atoms with Crippen LogP contribution in [0.1, 0.15) is 26.1 Å². The van der Waals surface area contributed by atoms with Gasteiger partial charge < -0.3 is 10.1 Å². The van der Waals surface area contributed by atoms with Crippen LogP contribution in [0.4, 0.5) is 0 Å². The minimum Gasteiger partial charge on any atom is -0.381 e. The first kappa shape index (κ1) is 13.5. The Morgan fingerprint density at radius 3 is 3.00 bits per heavy atom. The fourth-order valence-electron chi connectivity index (χ4n) is 2.52. The highest BCUT2D eigenvalue weighted by atomic mass is 16.5. The van der Waals surface area contributed by atoms with Gasteiger partial charge in [-0.3, -0.25) is 0 Å². The van der Waals surface area contributed by atoms with Crippen molar-refractivity contribution in [1.29, 1.82) is 0 Å². The second-order valence-corrected chi connectivity index (χ2v) is 5.48. The van der Waals surface area contributed by atoms with Crippen LogP contribution in [0.3, 0.4) is 0 Å². The first-order valence-corrected chi connectivity index (χ1v) is 6.82. The van der Waals surface area contributed by atoms with Gasteiger partial charge in [-0.15, -0.1) is 0 Å². The summed E-state index contributed by atoms with van der Waals surface area (Å²) in [6, 6.07) is 0.433. The van der Waals surface area contributed by atoms with Gasteiger partial charge in [-0.25, -0.2) is 9.67 Å². The fraction of sp³-hybridized carbons (Fsp3) is 0.846. The average Bonchev–Trinajstić information content (AvgIpc) is 2.96. The van der Waals surface area contributed by atoms with Crippen LogP contribution in [0.15, 0.2) is 6.33 Å². The lowest BCUT2D eigenvalue weighted by Crippen LogP contribution is -2.37. The molecule has 0 aliphatic carbocycles. The molecule has 0 bridgehead atoms. The molecule has 1 aliphatic heterocycles. The molecule has 0 amide bonds. The van der Waals surface area contributed by atoms with Gasteiger partial charge in [0.15, 0.2) is 0 Å². The van der Waals surface area contributed by atoms with Crippen molar-refractivity contribution < 1.29 is 4.74 Å². The summed E-state index contributed by atoms with van der Waals surface area (Å²) in [6.45, 7) is 7.09.